The van der Waals surface area contributed by atoms with Gasteiger partial charge in [-0.05, 0) is 18.2 Å². The predicted molar refractivity (Wildman–Crippen MR) is 86.3 cm³/mol. The number of rotatable bonds is 2. The third kappa shape index (κ3) is 2.27. The molecule has 2 N–H and O–H groups in total. The number of hydrogen-bond donors (Lipinski definition) is 1. The second kappa shape index (κ2) is 5.31. The highest BCUT2D eigenvalue weighted by atomic mass is 16.5. The van der Waals surface area contributed by atoms with Gasteiger partial charge in [0.15, 0.2) is 0 Å². The predicted octanol–water partition coefficient (Wildman–Crippen LogP) is 1.84. The minimum absolute atomic E-state index is 0.675. The number of fused-ring (bicyclic) bond motifs is 1. The van der Waals surface area contributed by atoms with Crippen LogP contribution in [0.4, 0.5) is 11.5 Å². The monoisotopic (exact) mass is 295 g/mol. The number of morpholine rings is 1. The lowest BCUT2D eigenvalue weighted by molar-refractivity contribution is 0.122. The molecule has 1 saturated heterocycles. The highest BCUT2D eigenvalue weighted by Crippen LogP contribution is 2.22. The number of nitrogens with two attached hydrogens (primary N) is 1. The van der Waals surface area contributed by atoms with Crippen molar-refractivity contribution in [3.05, 3.63) is 42.9 Å². The average molecular weight is 295 g/mol. The zero-order chi connectivity index (χ0) is 14.9. The van der Waals surface area contributed by atoms with Crippen molar-refractivity contribution in [1.82, 2.24) is 14.5 Å². The lowest BCUT2D eigenvalue weighted by Crippen LogP contribution is -2.36. The van der Waals surface area contributed by atoms with Crippen LogP contribution in [0.3, 0.4) is 0 Å². The average Bonchev–Trinajstić information content (AvgIpc) is 2.99. The van der Waals surface area contributed by atoms with Gasteiger partial charge in [-0.1, -0.05) is 0 Å². The van der Waals surface area contributed by atoms with E-state index in [1.165, 1.54) is 0 Å². The molecule has 112 valence electrons. The molecule has 0 spiro atoms. The summed E-state index contributed by atoms with van der Waals surface area (Å²) >= 11 is 0. The summed E-state index contributed by atoms with van der Waals surface area (Å²) in [6.07, 6.45) is 5.53. The number of hydrogen-bond acceptors (Lipinski definition) is 5. The van der Waals surface area contributed by atoms with Crippen molar-refractivity contribution in [2.24, 2.45) is 0 Å². The third-order valence-corrected chi connectivity index (χ3v) is 3.89. The van der Waals surface area contributed by atoms with Gasteiger partial charge in [-0.25, -0.2) is 9.97 Å². The van der Waals surface area contributed by atoms with Crippen LogP contribution in [0.15, 0.2) is 42.9 Å². The number of nitrogen functional groups attached to an aromatic ring is 1. The first-order valence-electron chi connectivity index (χ1n) is 7.33. The Kier molecular flexibility index (Phi) is 3.16. The Morgan fingerprint density at radius 1 is 1.09 bits per heavy atom. The molecule has 1 aliphatic heterocycles. The molecular weight excluding hydrogens is 278 g/mol. The van der Waals surface area contributed by atoms with Gasteiger partial charge < -0.3 is 19.9 Å². The summed E-state index contributed by atoms with van der Waals surface area (Å²) in [5.41, 5.74) is 8.41. The highest BCUT2D eigenvalue weighted by Gasteiger charge is 2.13. The van der Waals surface area contributed by atoms with Crippen LogP contribution in [0.5, 0.6) is 0 Å². The van der Waals surface area contributed by atoms with Crippen molar-refractivity contribution in [3.63, 3.8) is 0 Å². The van der Waals surface area contributed by atoms with Crippen LogP contribution in [-0.4, -0.2) is 40.8 Å². The molecule has 0 atom stereocenters. The van der Waals surface area contributed by atoms with Gasteiger partial charge in [-0.3, -0.25) is 0 Å². The summed E-state index contributed by atoms with van der Waals surface area (Å²) in [7, 11) is 0. The molecule has 1 fully saturated rings. The van der Waals surface area contributed by atoms with Crippen molar-refractivity contribution >= 4 is 22.5 Å². The van der Waals surface area contributed by atoms with Crippen molar-refractivity contribution in [2.75, 3.05) is 36.9 Å². The zero-order valence-corrected chi connectivity index (χ0v) is 12.1. The summed E-state index contributed by atoms with van der Waals surface area (Å²) < 4.78 is 7.45. The molecule has 0 aliphatic carbocycles. The van der Waals surface area contributed by atoms with Crippen molar-refractivity contribution in [1.29, 1.82) is 0 Å². The highest BCUT2D eigenvalue weighted by molar-refractivity contribution is 5.81. The number of nitrogens with zero attached hydrogens (tertiary/aromatic N) is 4. The topological polar surface area (TPSA) is 69.2 Å². The summed E-state index contributed by atoms with van der Waals surface area (Å²) in [4.78, 5) is 11.2. The molecule has 0 radical (unpaired) electrons. The Balaban J connectivity index is 1.75. The fourth-order valence-corrected chi connectivity index (χ4v) is 2.77. The molecule has 0 saturated carbocycles. The SMILES string of the molecule is Nc1cnc2c(ccn2-c2ccnc(N3CCOCC3)c2)c1. The van der Waals surface area contributed by atoms with Gasteiger partial charge in [0.2, 0.25) is 0 Å². The van der Waals surface area contributed by atoms with E-state index in [0.717, 1.165) is 48.8 Å². The van der Waals surface area contributed by atoms with Gasteiger partial charge in [0.25, 0.3) is 0 Å². The van der Waals surface area contributed by atoms with E-state index in [9.17, 15) is 0 Å². The molecular formula is C16H17N5O. The van der Waals surface area contributed by atoms with Crippen LogP contribution >= 0.6 is 0 Å². The zero-order valence-electron chi connectivity index (χ0n) is 12.1. The first-order valence-corrected chi connectivity index (χ1v) is 7.33. The molecule has 4 heterocycles. The largest absolute Gasteiger partial charge is 0.397 e. The van der Waals surface area contributed by atoms with E-state index in [0.29, 0.717) is 5.69 Å². The number of anilines is 2. The van der Waals surface area contributed by atoms with Gasteiger partial charge in [0.1, 0.15) is 11.5 Å². The Morgan fingerprint density at radius 2 is 1.95 bits per heavy atom. The van der Waals surface area contributed by atoms with E-state index in [4.69, 9.17) is 10.5 Å². The van der Waals surface area contributed by atoms with Crippen LogP contribution in [0, 0.1) is 0 Å². The first kappa shape index (κ1) is 13.1. The standard InChI is InChI=1S/C16H17N5O/c17-13-9-12-2-4-21(16(12)19-11-13)14-1-3-18-15(10-14)20-5-7-22-8-6-20/h1-4,9-11H,5-8,17H2. The normalized spacial score (nSPS) is 15.4. The number of ether oxygens (including phenoxy) is 1. The minimum Gasteiger partial charge on any atom is -0.397 e. The molecule has 0 unspecified atom stereocenters. The second-order valence-corrected chi connectivity index (χ2v) is 5.34. The van der Waals surface area contributed by atoms with Crippen LogP contribution in [0.1, 0.15) is 0 Å². The van der Waals surface area contributed by atoms with Crippen molar-refractivity contribution in [2.45, 2.75) is 0 Å². The van der Waals surface area contributed by atoms with Gasteiger partial charge in [-0.15, -0.1) is 0 Å². The molecule has 3 aromatic heterocycles. The third-order valence-electron chi connectivity index (χ3n) is 3.89. The van der Waals surface area contributed by atoms with E-state index >= 15 is 0 Å². The van der Waals surface area contributed by atoms with Crippen LogP contribution in [0.2, 0.25) is 0 Å². The van der Waals surface area contributed by atoms with Gasteiger partial charge >= 0.3 is 0 Å². The molecule has 0 bridgehead atoms. The fourth-order valence-electron chi connectivity index (χ4n) is 2.77. The van der Waals surface area contributed by atoms with Crippen molar-refractivity contribution in [3.8, 4) is 5.69 Å². The lowest BCUT2D eigenvalue weighted by Gasteiger charge is -2.28. The Hall–Kier alpha value is -2.60. The summed E-state index contributed by atoms with van der Waals surface area (Å²) in [5.74, 6) is 0.970. The van der Waals surface area contributed by atoms with Crippen LogP contribution in [-0.2, 0) is 4.74 Å². The fraction of sp³-hybridized carbons (Fsp3) is 0.250. The van der Waals surface area contributed by atoms with E-state index in [-0.39, 0.29) is 0 Å². The quantitative estimate of drug-likeness (QED) is 0.781. The summed E-state index contributed by atoms with van der Waals surface area (Å²) in [5, 5.41) is 1.03. The smallest absolute Gasteiger partial charge is 0.144 e. The minimum atomic E-state index is 0.675. The molecule has 0 aromatic carbocycles. The Morgan fingerprint density at radius 3 is 2.82 bits per heavy atom. The van der Waals surface area contributed by atoms with Gasteiger partial charge in [-0.2, -0.15) is 0 Å². The van der Waals surface area contributed by atoms with E-state index in [1.54, 1.807) is 6.20 Å². The number of aromatic nitrogens is 3. The molecule has 1 aliphatic rings. The molecule has 3 aromatic rings. The molecule has 0 amide bonds. The Labute approximate surface area is 128 Å². The maximum absolute atomic E-state index is 5.79. The summed E-state index contributed by atoms with van der Waals surface area (Å²) in [6, 6.07) is 8.03. The Bertz CT molecular complexity index is 807. The van der Waals surface area contributed by atoms with E-state index < -0.39 is 0 Å². The maximum Gasteiger partial charge on any atom is 0.144 e. The second-order valence-electron chi connectivity index (χ2n) is 5.34. The maximum atomic E-state index is 5.79. The summed E-state index contributed by atoms with van der Waals surface area (Å²) in [6.45, 7) is 3.24. The molecule has 6 heteroatoms. The van der Waals surface area contributed by atoms with Crippen LogP contribution in [0.25, 0.3) is 16.7 Å². The van der Waals surface area contributed by atoms with E-state index in [2.05, 4.69) is 25.5 Å². The van der Waals surface area contributed by atoms with Crippen LogP contribution < -0.4 is 10.6 Å². The molecule has 22 heavy (non-hydrogen) atoms. The van der Waals surface area contributed by atoms with Gasteiger partial charge in [0.05, 0.1) is 30.8 Å². The van der Waals surface area contributed by atoms with Gasteiger partial charge in [0, 0.05) is 36.9 Å². The van der Waals surface area contributed by atoms with E-state index in [1.807, 2.05) is 30.6 Å². The first-order chi connectivity index (χ1) is 10.8. The number of pyridine rings is 2. The van der Waals surface area contributed by atoms with Crippen molar-refractivity contribution < 1.29 is 4.74 Å². The molecule has 4 rings (SSSR count). The lowest BCUT2D eigenvalue weighted by atomic mass is 10.3. The molecule has 6 nitrogen and oxygen atoms in total.